The van der Waals surface area contributed by atoms with Gasteiger partial charge in [-0.05, 0) is 12.1 Å². The second-order valence-electron chi connectivity index (χ2n) is 3.64. The molecular formula is C10H10N4O4S. The lowest BCUT2D eigenvalue weighted by Crippen LogP contribution is -2.13. The van der Waals surface area contributed by atoms with Crippen LogP contribution >= 0.6 is 0 Å². The minimum absolute atomic E-state index is 0.0781. The highest BCUT2D eigenvalue weighted by molar-refractivity contribution is 7.89. The Hall–Kier alpha value is -2.29. The molecule has 0 saturated heterocycles. The molecule has 0 saturated carbocycles. The van der Waals surface area contributed by atoms with Gasteiger partial charge in [-0.2, -0.15) is 8.42 Å². The Labute approximate surface area is 108 Å². The number of benzene rings is 1. The Morgan fingerprint density at radius 1 is 1.32 bits per heavy atom. The molecule has 0 fully saturated rings. The van der Waals surface area contributed by atoms with Crippen LogP contribution in [0.3, 0.4) is 0 Å². The summed E-state index contributed by atoms with van der Waals surface area (Å²) in [5.74, 6) is 0.408. The van der Waals surface area contributed by atoms with Crippen molar-refractivity contribution in [3.8, 4) is 0 Å². The van der Waals surface area contributed by atoms with Gasteiger partial charge in [0.25, 0.3) is 15.7 Å². The van der Waals surface area contributed by atoms with E-state index >= 15 is 0 Å². The first kappa shape index (κ1) is 13.1. The zero-order chi connectivity index (χ0) is 14.0. The summed E-state index contributed by atoms with van der Waals surface area (Å²) in [6.45, 7) is 1.80. The molecule has 1 aromatic heterocycles. The van der Waals surface area contributed by atoms with Crippen molar-refractivity contribution in [3.05, 3.63) is 46.5 Å². The van der Waals surface area contributed by atoms with Gasteiger partial charge in [0.05, 0.1) is 9.82 Å². The van der Waals surface area contributed by atoms with Gasteiger partial charge in [0, 0.05) is 18.6 Å². The summed E-state index contributed by atoms with van der Waals surface area (Å²) >= 11 is 0. The zero-order valence-electron chi connectivity index (χ0n) is 9.92. The molecule has 0 bridgehead atoms. The lowest BCUT2D eigenvalue weighted by atomic mass is 10.3. The molecule has 0 amide bonds. The molecule has 9 heteroatoms. The van der Waals surface area contributed by atoms with Gasteiger partial charge in [-0.25, -0.2) is 4.98 Å². The van der Waals surface area contributed by atoms with Crippen LogP contribution in [0.2, 0.25) is 0 Å². The molecule has 2 aromatic rings. The fraction of sp³-hybridized carbons (Fsp3) is 0.200. The summed E-state index contributed by atoms with van der Waals surface area (Å²) in [6, 6.07) is 4.59. The summed E-state index contributed by atoms with van der Waals surface area (Å²) < 4.78 is 25.0. The van der Waals surface area contributed by atoms with E-state index in [4.69, 9.17) is 0 Å². The lowest BCUT2D eigenvalue weighted by Gasteiger charge is -2.02. The molecule has 100 valence electrons. The standard InChI is InChI=1S/C10H10N4O4S/c1-2-10-11-7-13(12-10)19(17,18)9-5-3-8(4-6-9)14(15)16/h3-7H,2H2,1H3. The number of nitrogens with zero attached hydrogens (tertiary/aromatic N) is 4. The van der Waals surface area contributed by atoms with Gasteiger partial charge in [0.2, 0.25) is 0 Å². The minimum atomic E-state index is -3.85. The van der Waals surface area contributed by atoms with Crippen molar-refractivity contribution in [3.63, 3.8) is 0 Å². The highest BCUT2D eigenvalue weighted by atomic mass is 32.2. The normalized spacial score (nSPS) is 11.4. The predicted molar refractivity (Wildman–Crippen MR) is 65.1 cm³/mol. The number of hydrogen-bond acceptors (Lipinski definition) is 6. The average molecular weight is 282 g/mol. The summed E-state index contributed by atoms with van der Waals surface area (Å²) in [7, 11) is -3.85. The highest BCUT2D eigenvalue weighted by Gasteiger charge is 2.19. The van der Waals surface area contributed by atoms with Crippen LogP contribution in [-0.4, -0.2) is 27.5 Å². The topological polar surface area (TPSA) is 108 Å². The maximum absolute atomic E-state index is 12.1. The SMILES string of the molecule is CCc1ncn(S(=O)(=O)c2ccc([N+](=O)[O-])cc2)n1. The Bertz CT molecular complexity index is 705. The van der Waals surface area contributed by atoms with Gasteiger partial charge in [-0.3, -0.25) is 10.1 Å². The molecule has 19 heavy (non-hydrogen) atoms. The van der Waals surface area contributed by atoms with Crippen molar-refractivity contribution in [2.45, 2.75) is 18.2 Å². The van der Waals surface area contributed by atoms with Crippen LogP contribution in [0.5, 0.6) is 0 Å². The molecule has 0 aliphatic rings. The van der Waals surface area contributed by atoms with E-state index < -0.39 is 14.9 Å². The van der Waals surface area contributed by atoms with Crippen molar-refractivity contribution < 1.29 is 13.3 Å². The molecule has 0 aliphatic carbocycles. The van der Waals surface area contributed by atoms with E-state index in [0.29, 0.717) is 12.2 Å². The third-order valence-corrected chi connectivity index (χ3v) is 3.96. The third-order valence-electron chi connectivity index (χ3n) is 2.43. The largest absolute Gasteiger partial charge is 0.284 e. The van der Waals surface area contributed by atoms with Crippen molar-refractivity contribution >= 4 is 15.7 Å². The zero-order valence-corrected chi connectivity index (χ0v) is 10.7. The van der Waals surface area contributed by atoms with Crippen LogP contribution in [-0.2, 0) is 16.4 Å². The molecule has 0 unspecified atom stereocenters. The van der Waals surface area contributed by atoms with Crippen molar-refractivity contribution in [1.29, 1.82) is 0 Å². The van der Waals surface area contributed by atoms with Gasteiger partial charge in [0.1, 0.15) is 6.33 Å². The van der Waals surface area contributed by atoms with Gasteiger partial charge in [0.15, 0.2) is 5.82 Å². The van der Waals surface area contributed by atoms with E-state index in [0.717, 1.165) is 22.5 Å². The molecular weight excluding hydrogens is 272 g/mol. The van der Waals surface area contributed by atoms with E-state index in [9.17, 15) is 18.5 Å². The summed E-state index contributed by atoms with van der Waals surface area (Å²) in [5, 5.41) is 14.3. The van der Waals surface area contributed by atoms with Gasteiger partial charge in [-0.15, -0.1) is 9.19 Å². The molecule has 0 radical (unpaired) electrons. The fourth-order valence-corrected chi connectivity index (χ4v) is 2.48. The third kappa shape index (κ3) is 2.45. The number of aryl methyl sites for hydroxylation is 1. The monoisotopic (exact) mass is 282 g/mol. The van der Waals surface area contributed by atoms with Crippen LogP contribution in [0.15, 0.2) is 35.5 Å². The van der Waals surface area contributed by atoms with Gasteiger partial charge in [-0.1, -0.05) is 6.92 Å². The first-order valence-corrected chi connectivity index (χ1v) is 6.79. The lowest BCUT2D eigenvalue weighted by molar-refractivity contribution is -0.384. The van der Waals surface area contributed by atoms with Gasteiger partial charge >= 0.3 is 0 Å². The maximum Gasteiger partial charge on any atom is 0.284 e. The Kier molecular flexibility index (Phi) is 3.30. The summed E-state index contributed by atoms with van der Waals surface area (Å²) in [4.78, 5) is 13.7. The number of non-ortho nitro benzene ring substituents is 1. The van der Waals surface area contributed by atoms with E-state index in [1.807, 2.05) is 0 Å². The average Bonchev–Trinajstić information content (AvgIpc) is 2.88. The molecule has 8 nitrogen and oxygen atoms in total. The molecule has 1 heterocycles. The van der Waals surface area contributed by atoms with Crippen molar-refractivity contribution in [2.75, 3.05) is 0 Å². The highest BCUT2D eigenvalue weighted by Crippen LogP contribution is 2.17. The first-order chi connectivity index (χ1) is 8.95. The second-order valence-corrected chi connectivity index (χ2v) is 5.44. The van der Waals surface area contributed by atoms with Crippen LogP contribution in [0.4, 0.5) is 5.69 Å². The molecule has 1 aromatic carbocycles. The maximum atomic E-state index is 12.1. The van der Waals surface area contributed by atoms with Crippen LogP contribution in [0, 0.1) is 10.1 Å². The van der Waals surface area contributed by atoms with E-state index in [1.165, 1.54) is 12.1 Å². The molecule has 0 N–H and O–H groups in total. The smallest absolute Gasteiger partial charge is 0.258 e. The first-order valence-electron chi connectivity index (χ1n) is 5.35. The Morgan fingerprint density at radius 3 is 2.42 bits per heavy atom. The number of rotatable bonds is 4. The van der Waals surface area contributed by atoms with E-state index in [1.54, 1.807) is 6.92 Å². The fourth-order valence-electron chi connectivity index (χ4n) is 1.41. The number of nitro groups is 1. The molecule has 0 atom stereocenters. The Balaban J connectivity index is 2.41. The molecule has 0 spiro atoms. The second kappa shape index (κ2) is 4.76. The van der Waals surface area contributed by atoms with Crippen molar-refractivity contribution in [2.24, 2.45) is 0 Å². The van der Waals surface area contributed by atoms with Crippen LogP contribution in [0.25, 0.3) is 0 Å². The molecule has 0 aliphatic heterocycles. The van der Waals surface area contributed by atoms with Crippen LogP contribution in [0.1, 0.15) is 12.7 Å². The number of hydrogen-bond donors (Lipinski definition) is 0. The number of aromatic nitrogens is 3. The number of nitro benzene ring substituents is 1. The van der Waals surface area contributed by atoms with Crippen molar-refractivity contribution in [1.82, 2.24) is 14.2 Å². The summed E-state index contributed by atoms with van der Waals surface area (Å²) in [5.41, 5.74) is -0.174. The quantitative estimate of drug-likeness (QED) is 0.611. The van der Waals surface area contributed by atoms with E-state index in [2.05, 4.69) is 10.1 Å². The van der Waals surface area contributed by atoms with Gasteiger partial charge < -0.3 is 0 Å². The predicted octanol–water partition coefficient (Wildman–Crippen LogP) is 0.986. The van der Waals surface area contributed by atoms with Crippen LogP contribution < -0.4 is 0 Å². The molecule has 2 rings (SSSR count). The van der Waals surface area contributed by atoms with E-state index in [-0.39, 0.29) is 10.6 Å². The Morgan fingerprint density at radius 2 is 1.95 bits per heavy atom. The minimum Gasteiger partial charge on any atom is -0.258 e. The summed E-state index contributed by atoms with van der Waals surface area (Å²) in [6.07, 6.45) is 1.62.